The van der Waals surface area contributed by atoms with Crippen LogP contribution < -0.4 is 19.5 Å². The smallest absolute Gasteiger partial charge is 0.252 e. The van der Waals surface area contributed by atoms with Crippen molar-refractivity contribution in [1.29, 1.82) is 0 Å². The average molecular weight is 482 g/mol. The topological polar surface area (TPSA) is 69.7 Å². The van der Waals surface area contributed by atoms with Gasteiger partial charge in [-0.3, -0.25) is 4.79 Å². The van der Waals surface area contributed by atoms with Crippen LogP contribution in [0.15, 0.2) is 30.5 Å². The van der Waals surface area contributed by atoms with Gasteiger partial charge in [-0.1, -0.05) is 0 Å². The van der Waals surface area contributed by atoms with Gasteiger partial charge in [0, 0.05) is 22.4 Å². The van der Waals surface area contributed by atoms with Gasteiger partial charge in [0.25, 0.3) is 5.91 Å². The summed E-state index contributed by atoms with van der Waals surface area (Å²) in [6.07, 6.45) is 6.57. The van der Waals surface area contributed by atoms with Crippen molar-refractivity contribution >= 4 is 28.5 Å². The first-order valence-electron chi connectivity index (χ1n) is 8.92. The second kappa shape index (κ2) is 9.25. The molecule has 1 aliphatic rings. The van der Waals surface area contributed by atoms with E-state index in [-0.39, 0.29) is 12.0 Å². The maximum Gasteiger partial charge on any atom is 0.252 e. The molecule has 1 N–H and O–H groups in total. The number of ether oxygens (including phenoxy) is 3. The lowest BCUT2D eigenvalue weighted by molar-refractivity contribution is 0.0949. The van der Waals surface area contributed by atoms with Gasteiger partial charge in [-0.25, -0.2) is 4.98 Å². The number of methoxy groups -OCH3 is 2. The highest BCUT2D eigenvalue weighted by Crippen LogP contribution is 2.31. The zero-order valence-electron chi connectivity index (χ0n) is 15.5. The first-order valence-corrected chi connectivity index (χ1v) is 10.00. The molecular formula is C20H23IN2O4. The molecule has 0 saturated heterocycles. The van der Waals surface area contributed by atoms with E-state index in [0.717, 1.165) is 22.0 Å². The minimum absolute atomic E-state index is 0.171. The third kappa shape index (κ3) is 5.03. The third-order valence-corrected chi connectivity index (χ3v) is 5.45. The number of hydrogen-bond acceptors (Lipinski definition) is 5. The Kier molecular flexibility index (Phi) is 6.76. The summed E-state index contributed by atoms with van der Waals surface area (Å²) in [5, 5.41) is 2.94. The van der Waals surface area contributed by atoms with E-state index in [4.69, 9.17) is 14.2 Å². The zero-order valence-corrected chi connectivity index (χ0v) is 17.6. The number of carbonyl (C=O) groups is 1. The molecule has 0 aliphatic heterocycles. The largest absolute Gasteiger partial charge is 0.493 e. The summed E-state index contributed by atoms with van der Waals surface area (Å²) >= 11 is 2.12. The van der Waals surface area contributed by atoms with Crippen LogP contribution in [0.5, 0.6) is 17.4 Å². The van der Waals surface area contributed by atoms with Crippen LogP contribution in [0.4, 0.5) is 0 Å². The van der Waals surface area contributed by atoms with E-state index in [0.29, 0.717) is 29.5 Å². The van der Waals surface area contributed by atoms with Crippen LogP contribution in [0.2, 0.25) is 0 Å². The Morgan fingerprint density at radius 1 is 1.19 bits per heavy atom. The number of halogens is 1. The van der Waals surface area contributed by atoms with Gasteiger partial charge in [-0.2, -0.15) is 0 Å². The van der Waals surface area contributed by atoms with E-state index in [9.17, 15) is 4.79 Å². The molecule has 0 unspecified atom stereocenters. The third-order valence-electron chi connectivity index (χ3n) is 4.56. The van der Waals surface area contributed by atoms with E-state index in [2.05, 4.69) is 32.9 Å². The van der Waals surface area contributed by atoms with Crippen molar-refractivity contribution in [3.05, 3.63) is 45.2 Å². The van der Waals surface area contributed by atoms with Crippen molar-refractivity contribution in [2.45, 2.75) is 38.3 Å². The normalized spacial score (nSPS) is 14.0. The van der Waals surface area contributed by atoms with Crippen LogP contribution >= 0.6 is 22.6 Å². The van der Waals surface area contributed by atoms with Crippen LogP contribution in [-0.2, 0) is 6.54 Å². The van der Waals surface area contributed by atoms with E-state index in [1.165, 1.54) is 12.8 Å². The van der Waals surface area contributed by atoms with Gasteiger partial charge in [0.05, 0.1) is 19.8 Å². The van der Waals surface area contributed by atoms with Crippen molar-refractivity contribution in [3.8, 4) is 17.4 Å². The second-order valence-electron chi connectivity index (χ2n) is 6.40. The number of carbonyl (C=O) groups excluding carboxylic acids is 1. The molecule has 7 heteroatoms. The van der Waals surface area contributed by atoms with E-state index in [1.54, 1.807) is 32.5 Å². The lowest BCUT2D eigenvalue weighted by Crippen LogP contribution is -2.24. The Balaban J connectivity index is 1.65. The number of nitrogens with one attached hydrogen (secondary N) is 1. The molecule has 0 spiro atoms. The number of pyridine rings is 1. The molecule has 1 fully saturated rings. The molecular weight excluding hydrogens is 459 g/mol. The minimum Gasteiger partial charge on any atom is -0.493 e. The average Bonchev–Trinajstić information content (AvgIpc) is 3.19. The summed E-state index contributed by atoms with van der Waals surface area (Å²) in [4.78, 5) is 16.9. The van der Waals surface area contributed by atoms with Crippen molar-refractivity contribution in [2.75, 3.05) is 14.2 Å². The summed E-state index contributed by atoms with van der Waals surface area (Å²) in [5.74, 6) is 1.57. The second-order valence-corrected chi connectivity index (χ2v) is 7.56. The fourth-order valence-electron chi connectivity index (χ4n) is 3.11. The van der Waals surface area contributed by atoms with Crippen LogP contribution in [0, 0.1) is 3.57 Å². The predicted molar refractivity (Wildman–Crippen MR) is 111 cm³/mol. The van der Waals surface area contributed by atoms with Crippen molar-refractivity contribution in [3.63, 3.8) is 0 Å². The molecule has 1 aromatic heterocycles. The molecule has 6 nitrogen and oxygen atoms in total. The fraction of sp³-hybridized carbons (Fsp3) is 0.400. The van der Waals surface area contributed by atoms with Crippen molar-refractivity contribution in [2.24, 2.45) is 0 Å². The monoisotopic (exact) mass is 482 g/mol. The van der Waals surface area contributed by atoms with Crippen LogP contribution in [0.1, 0.15) is 41.6 Å². The molecule has 1 aliphatic carbocycles. The van der Waals surface area contributed by atoms with Gasteiger partial charge in [0.15, 0.2) is 11.5 Å². The maximum atomic E-state index is 12.6. The van der Waals surface area contributed by atoms with E-state index >= 15 is 0 Å². The predicted octanol–water partition coefficient (Wildman–Crippen LogP) is 3.95. The molecule has 1 saturated carbocycles. The molecule has 2 aromatic rings. The summed E-state index contributed by atoms with van der Waals surface area (Å²) in [5.41, 5.74) is 1.49. The van der Waals surface area contributed by atoms with Crippen LogP contribution in [0.3, 0.4) is 0 Å². The number of aromatic nitrogens is 1. The van der Waals surface area contributed by atoms with Crippen LogP contribution in [0.25, 0.3) is 0 Å². The summed E-state index contributed by atoms with van der Waals surface area (Å²) in [7, 11) is 3.12. The fourth-order valence-corrected chi connectivity index (χ4v) is 3.79. The molecule has 3 rings (SSSR count). The number of nitrogens with zero attached hydrogens (tertiary/aromatic N) is 1. The van der Waals surface area contributed by atoms with Gasteiger partial charge < -0.3 is 19.5 Å². The quantitative estimate of drug-likeness (QED) is 0.606. The van der Waals surface area contributed by atoms with Gasteiger partial charge in [0.1, 0.15) is 6.10 Å². The summed E-state index contributed by atoms with van der Waals surface area (Å²) in [6.45, 7) is 0.396. The number of amides is 1. The van der Waals surface area contributed by atoms with Gasteiger partial charge in [0.2, 0.25) is 5.88 Å². The molecule has 1 amide bonds. The SMILES string of the molecule is COc1cc(I)c(C(=O)NCc2ccnc(OC3CCCC3)c2)cc1OC. The Labute approximate surface area is 172 Å². The van der Waals surface area contributed by atoms with Crippen molar-refractivity contribution in [1.82, 2.24) is 10.3 Å². The first-order chi connectivity index (χ1) is 13.1. The number of hydrogen-bond donors (Lipinski definition) is 1. The standard InChI is InChI=1S/C20H23IN2O4/c1-25-17-10-15(16(21)11-18(17)26-2)20(24)23-12-13-7-8-22-19(9-13)27-14-5-3-4-6-14/h7-11,14H,3-6,12H2,1-2H3,(H,23,24). The minimum atomic E-state index is -0.171. The molecule has 0 atom stereocenters. The highest BCUT2D eigenvalue weighted by molar-refractivity contribution is 14.1. The van der Waals surface area contributed by atoms with Gasteiger partial charge in [-0.05, 0) is 72.0 Å². The summed E-state index contributed by atoms with van der Waals surface area (Å²) in [6, 6.07) is 7.24. The van der Waals surface area contributed by atoms with Crippen LogP contribution in [-0.4, -0.2) is 31.2 Å². The number of benzene rings is 1. The lowest BCUT2D eigenvalue weighted by atomic mass is 10.1. The van der Waals surface area contributed by atoms with Crippen molar-refractivity contribution < 1.29 is 19.0 Å². The first kappa shape index (κ1) is 19.7. The van der Waals surface area contributed by atoms with Gasteiger partial charge in [-0.15, -0.1) is 0 Å². The molecule has 27 heavy (non-hydrogen) atoms. The highest BCUT2D eigenvalue weighted by atomic mass is 127. The summed E-state index contributed by atoms with van der Waals surface area (Å²) < 4.78 is 17.3. The molecule has 1 heterocycles. The Hall–Kier alpha value is -2.03. The molecule has 0 radical (unpaired) electrons. The highest BCUT2D eigenvalue weighted by Gasteiger charge is 2.18. The number of rotatable bonds is 7. The Bertz CT molecular complexity index is 807. The zero-order chi connectivity index (χ0) is 19.2. The Morgan fingerprint density at radius 3 is 2.59 bits per heavy atom. The molecule has 144 valence electrons. The maximum absolute atomic E-state index is 12.6. The molecule has 1 aromatic carbocycles. The van der Waals surface area contributed by atoms with Gasteiger partial charge >= 0.3 is 0 Å². The molecule has 0 bridgehead atoms. The Morgan fingerprint density at radius 2 is 1.89 bits per heavy atom. The van der Waals surface area contributed by atoms with E-state index in [1.807, 2.05) is 12.1 Å². The van der Waals surface area contributed by atoms with E-state index < -0.39 is 0 Å². The lowest BCUT2D eigenvalue weighted by Gasteiger charge is -2.14.